The van der Waals surface area contributed by atoms with Gasteiger partial charge < -0.3 is 9.47 Å². The number of likely N-dealkylation sites (N-methyl/N-ethyl adjacent to an activating group) is 1. The molecule has 1 aromatic carbocycles. The van der Waals surface area contributed by atoms with Crippen LogP contribution in [0, 0.1) is 0 Å². The second-order valence-electron chi connectivity index (χ2n) is 4.54. The Morgan fingerprint density at radius 2 is 2.10 bits per heavy atom. The third-order valence-corrected chi connectivity index (χ3v) is 3.19. The zero-order valence-corrected chi connectivity index (χ0v) is 12.0. The van der Waals surface area contributed by atoms with E-state index < -0.39 is 12.1 Å². The number of hydrogen-bond acceptors (Lipinski definition) is 5. The van der Waals surface area contributed by atoms with Crippen LogP contribution in [0.1, 0.15) is 5.56 Å². The van der Waals surface area contributed by atoms with Crippen molar-refractivity contribution in [2.75, 3.05) is 27.5 Å². The van der Waals surface area contributed by atoms with Gasteiger partial charge in [-0.25, -0.2) is 9.86 Å². The summed E-state index contributed by atoms with van der Waals surface area (Å²) in [6.07, 6.45) is -0.584. The highest BCUT2D eigenvalue weighted by atomic mass is 16.7. The van der Waals surface area contributed by atoms with Gasteiger partial charge in [0.15, 0.2) is 0 Å². The van der Waals surface area contributed by atoms with Crippen LogP contribution >= 0.6 is 0 Å². The molecular formula is C14H18N2O5. The van der Waals surface area contributed by atoms with Crippen molar-refractivity contribution >= 4 is 12.0 Å². The second kappa shape index (κ2) is 7.05. The van der Waals surface area contributed by atoms with E-state index in [1.807, 2.05) is 30.3 Å². The van der Waals surface area contributed by atoms with E-state index in [1.165, 1.54) is 19.1 Å². The summed E-state index contributed by atoms with van der Waals surface area (Å²) in [5.41, 5.74) is 0.878. The van der Waals surface area contributed by atoms with Crippen LogP contribution in [-0.2, 0) is 25.7 Å². The Morgan fingerprint density at radius 1 is 1.38 bits per heavy atom. The molecule has 0 unspecified atom stereocenters. The Hall–Kier alpha value is -2.12. The number of amides is 2. The first kappa shape index (κ1) is 15.3. The summed E-state index contributed by atoms with van der Waals surface area (Å²) < 4.78 is 10.4. The molecule has 0 aromatic heterocycles. The van der Waals surface area contributed by atoms with E-state index in [1.54, 1.807) is 0 Å². The fraction of sp³-hybridized carbons (Fsp3) is 0.429. The Balaban J connectivity index is 1.93. The van der Waals surface area contributed by atoms with Crippen molar-refractivity contribution < 1.29 is 23.9 Å². The molecule has 1 saturated heterocycles. The van der Waals surface area contributed by atoms with Crippen LogP contribution in [0.2, 0.25) is 0 Å². The third-order valence-electron chi connectivity index (χ3n) is 3.19. The van der Waals surface area contributed by atoms with Crippen molar-refractivity contribution in [1.29, 1.82) is 0 Å². The highest BCUT2D eigenvalue weighted by Crippen LogP contribution is 2.14. The minimum absolute atomic E-state index is 0.0293. The summed E-state index contributed by atoms with van der Waals surface area (Å²) >= 11 is 0. The Morgan fingerprint density at radius 3 is 2.76 bits per heavy atom. The van der Waals surface area contributed by atoms with Crippen LogP contribution < -0.4 is 0 Å². The topological polar surface area (TPSA) is 68.3 Å². The highest BCUT2D eigenvalue weighted by Gasteiger charge is 2.38. The van der Waals surface area contributed by atoms with Gasteiger partial charge in [-0.1, -0.05) is 30.3 Å². The van der Waals surface area contributed by atoms with E-state index in [0.717, 1.165) is 10.6 Å². The van der Waals surface area contributed by atoms with Gasteiger partial charge in [0.2, 0.25) is 0 Å². The molecule has 1 aliphatic heterocycles. The Labute approximate surface area is 122 Å². The standard InChI is InChI=1S/C14H18N2O5/c1-15(19-2)13(17)12-9-20-10-16(12)14(18)21-8-11-6-4-3-5-7-11/h3-7,12H,8-10H2,1-2H3/t12-/m0/s1. The summed E-state index contributed by atoms with van der Waals surface area (Å²) in [5, 5.41) is 1.07. The van der Waals surface area contributed by atoms with Crippen molar-refractivity contribution in [3.8, 4) is 0 Å². The van der Waals surface area contributed by atoms with Gasteiger partial charge in [-0.2, -0.15) is 0 Å². The maximum Gasteiger partial charge on any atom is 0.412 e. The lowest BCUT2D eigenvalue weighted by Gasteiger charge is -2.24. The first-order valence-electron chi connectivity index (χ1n) is 6.50. The molecule has 2 rings (SSSR count). The predicted octanol–water partition coefficient (Wildman–Crippen LogP) is 1.00. The zero-order valence-electron chi connectivity index (χ0n) is 12.0. The SMILES string of the molecule is CON(C)C(=O)[C@@H]1COCN1C(=O)OCc1ccccc1. The maximum absolute atomic E-state index is 12.1. The van der Waals surface area contributed by atoms with Crippen molar-refractivity contribution in [3.05, 3.63) is 35.9 Å². The molecule has 2 amide bonds. The molecule has 0 aliphatic carbocycles. The summed E-state index contributed by atoms with van der Waals surface area (Å²) in [6, 6.07) is 8.60. The van der Waals surface area contributed by atoms with Gasteiger partial charge in [-0.15, -0.1) is 0 Å². The summed E-state index contributed by atoms with van der Waals surface area (Å²) in [4.78, 5) is 30.2. The number of hydroxylamine groups is 2. The van der Waals surface area contributed by atoms with Crippen LogP contribution in [-0.4, -0.2) is 55.5 Å². The van der Waals surface area contributed by atoms with Crippen LogP contribution in [0.25, 0.3) is 0 Å². The van der Waals surface area contributed by atoms with E-state index in [2.05, 4.69) is 0 Å². The number of nitrogens with zero attached hydrogens (tertiary/aromatic N) is 2. The molecule has 0 N–H and O–H groups in total. The molecule has 1 aliphatic rings. The van der Waals surface area contributed by atoms with Crippen molar-refractivity contribution in [3.63, 3.8) is 0 Å². The summed E-state index contributed by atoms with van der Waals surface area (Å²) in [6.45, 7) is 0.311. The van der Waals surface area contributed by atoms with E-state index in [9.17, 15) is 9.59 Å². The molecule has 1 aromatic rings. The molecule has 0 spiro atoms. The lowest BCUT2D eigenvalue weighted by atomic mass is 10.2. The quantitative estimate of drug-likeness (QED) is 0.775. The minimum atomic E-state index is -0.724. The predicted molar refractivity (Wildman–Crippen MR) is 72.9 cm³/mol. The number of rotatable bonds is 4. The molecule has 1 heterocycles. The fourth-order valence-electron chi connectivity index (χ4n) is 1.93. The summed E-state index contributed by atoms with van der Waals surface area (Å²) in [7, 11) is 2.86. The first-order chi connectivity index (χ1) is 10.1. The zero-order chi connectivity index (χ0) is 15.2. The van der Waals surface area contributed by atoms with Crippen LogP contribution in [0.4, 0.5) is 4.79 Å². The Bertz CT molecular complexity index is 493. The second-order valence-corrected chi connectivity index (χ2v) is 4.54. The number of carbonyl (C=O) groups is 2. The largest absolute Gasteiger partial charge is 0.444 e. The molecule has 7 heteroatoms. The molecule has 0 bridgehead atoms. The van der Waals surface area contributed by atoms with Crippen molar-refractivity contribution in [1.82, 2.24) is 9.96 Å². The highest BCUT2D eigenvalue weighted by molar-refractivity contribution is 5.85. The van der Waals surface area contributed by atoms with Gasteiger partial charge in [-0.05, 0) is 5.56 Å². The number of benzene rings is 1. The first-order valence-corrected chi connectivity index (χ1v) is 6.50. The van der Waals surface area contributed by atoms with Gasteiger partial charge in [0, 0.05) is 7.05 Å². The van der Waals surface area contributed by atoms with Crippen molar-refractivity contribution in [2.24, 2.45) is 0 Å². The molecule has 7 nitrogen and oxygen atoms in total. The van der Waals surface area contributed by atoms with Crippen LogP contribution in [0.3, 0.4) is 0 Å². The van der Waals surface area contributed by atoms with E-state index in [4.69, 9.17) is 14.3 Å². The minimum Gasteiger partial charge on any atom is -0.444 e. The van der Waals surface area contributed by atoms with E-state index in [0.29, 0.717) is 0 Å². The van der Waals surface area contributed by atoms with E-state index in [-0.39, 0.29) is 25.9 Å². The summed E-state index contributed by atoms with van der Waals surface area (Å²) in [5.74, 6) is -0.355. The van der Waals surface area contributed by atoms with Gasteiger partial charge >= 0.3 is 6.09 Å². The molecule has 0 saturated carbocycles. The molecule has 1 fully saturated rings. The normalized spacial score (nSPS) is 17.6. The maximum atomic E-state index is 12.1. The molecule has 0 radical (unpaired) electrons. The average molecular weight is 294 g/mol. The number of ether oxygens (including phenoxy) is 2. The van der Waals surface area contributed by atoms with Crippen molar-refractivity contribution in [2.45, 2.75) is 12.6 Å². The van der Waals surface area contributed by atoms with Gasteiger partial charge in [0.25, 0.3) is 5.91 Å². The molecule has 114 valence electrons. The average Bonchev–Trinajstić information content (AvgIpc) is 3.01. The van der Waals surface area contributed by atoms with E-state index >= 15 is 0 Å². The fourth-order valence-corrected chi connectivity index (χ4v) is 1.93. The number of hydrogen-bond donors (Lipinski definition) is 0. The molecule has 21 heavy (non-hydrogen) atoms. The van der Waals surface area contributed by atoms with Gasteiger partial charge in [-0.3, -0.25) is 14.5 Å². The van der Waals surface area contributed by atoms with Crippen LogP contribution in [0.15, 0.2) is 30.3 Å². The molecule has 1 atom stereocenters. The smallest absolute Gasteiger partial charge is 0.412 e. The van der Waals surface area contributed by atoms with Gasteiger partial charge in [0.1, 0.15) is 19.4 Å². The molecular weight excluding hydrogens is 276 g/mol. The van der Waals surface area contributed by atoms with Gasteiger partial charge in [0.05, 0.1) is 13.7 Å². The Kier molecular flexibility index (Phi) is 5.13. The third kappa shape index (κ3) is 3.71. The lowest BCUT2D eigenvalue weighted by molar-refractivity contribution is -0.172. The lowest BCUT2D eigenvalue weighted by Crippen LogP contribution is -2.47. The van der Waals surface area contributed by atoms with Crippen LogP contribution in [0.5, 0.6) is 0 Å². The number of carbonyl (C=O) groups excluding carboxylic acids is 2. The monoisotopic (exact) mass is 294 g/mol.